The maximum Gasteiger partial charge on any atom is 0.132 e. The number of rotatable bonds is 1. The Morgan fingerprint density at radius 2 is 2.27 bits per heavy atom. The molecule has 1 N–H and O–H groups in total. The molecule has 0 fully saturated rings. The Bertz CT molecular complexity index is 283. The van der Waals surface area contributed by atoms with E-state index in [-0.39, 0.29) is 5.82 Å². The highest BCUT2D eigenvalue weighted by atomic mass is 19.1. The summed E-state index contributed by atoms with van der Waals surface area (Å²) >= 11 is 0. The maximum absolute atomic E-state index is 12.8. The molecule has 3 heteroatoms. The van der Waals surface area contributed by atoms with Crippen LogP contribution in [0.4, 0.5) is 4.39 Å². The SMILES string of the molecule is Cc1ccc(F)c(/C=N/O)c1. The molecule has 0 aliphatic rings. The Balaban J connectivity index is 3.12. The molecule has 0 atom stereocenters. The van der Waals surface area contributed by atoms with Crippen molar-refractivity contribution in [2.75, 3.05) is 0 Å². The highest BCUT2D eigenvalue weighted by molar-refractivity contribution is 5.79. The third-order valence-electron chi connectivity index (χ3n) is 1.35. The quantitative estimate of drug-likeness (QED) is 0.373. The minimum atomic E-state index is -0.381. The van der Waals surface area contributed by atoms with Crippen LogP contribution in [0.1, 0.15) is 11.1 Å². The second-order valence-electron chi connectivity index (χ2n) is 2.27. The number of hydrogen-bond acceptors (Lipinski definition) is 2. The number of oxime groups is 1. The molecule has 0 aliphatic carbocycles. The van der Waals surface area contributed by atoms with E-state index in [0.29, 0.717) is 5.56 Å². The maximum atomic E-state index is 12.8. The van der Waals surface area contributed by atoms with Crippen molar-refractivity contribution in [2.45, 2.75) is 6.92 Å². The van der Waals surface area contributed by atoms with Gasteiger partial charge in [-0.25, -0.2) is 4.39 Å². The summed E-state index contributed by atoms with van der Waals surface area (Å²) in [5.41, 5.74) is 1.23. The van der Waals surface area contributed by atoms with E-state index in [0.717, 1.165) is 11.8 Å². The summed E-state index contributed by atoms with van der Waals surface area (Å²) in [4.78, 5) is 0. The highest BCUT2D eigenvalue weighted by Gasteiger charge is 1.97. The van der Waals surface area contributed by atoms with Crippen LogP contribution in [0.5, 0.6) is 0 Å². The Labute approximate surface area is 64.0 Å². The predicted octanol–water partition coefficient (Wildman–Crippen LogP) is 1.94. The summed E-state index contributed by atoms with van der Waals surface area (Å²) in [6.45, 7) is 1.84. The highest BCUT2D eigenvalue weighted by Crippen LogP contribution is 2.06. The first-order valence-corrected chi connectivity index (χ1v) is 3.17. The van der Waals surface area contributed by atoms with Crippen molar-refractivity contribution in [3.05, 3.63) is 35.1 Å². The molecule has 0 amide bonds. The Kier molecular flexibility index (Phi) is 2.21. The van der Waals surface area contributed by atoms with E-state index in [1.807, 2.05) is 6.92 Å². The molecule has 0 heterocycles. The van der Waals surface area contributed by atoms with Crippen molar-refractivity contribution in [2.24, 2.45) is 5.16 Å². The molecule has 1 aromatic rings. The lowest BCUT2D eigenvalue weighted by Crippen LogP contribution is -1.88. The molecule has 1 rings (SSSR count). The second kappa shape index (κ2) is 3.14. The van der Waals surface area contributed by atoms with E-state index in [1.165, 1.54) is 6.07 Å². The number of nitrogens with zero attached hydrogens (tertiary/aromatic N) is 1. The van der Waals surface area contributed by atoms with Gasteiger partial charge < -0.3 is 5.21 Å². The zero-order valence-corrected chi connectivity index (χ0v) is 6.08. The number of benzene rings is 1. The van der Waals surface area contributed by atoms with Gasteiger partial charge in [0.2, 0.25) is 0 Å². The fraction of sp³-hybridized carbons (Fsp3) is 0.125. The van der Waals surface area contributed by atoms with Crippen LogP contribution in [-0.2, 0) is 0 Å². The molecule has 0 radical (unpaired) electrons. The van der Waals surface area contributed by atoms with Gasteiger partial charge in [0, 0.05) is 5.56 Å². The molecule has 2 nitrogen and oxygen atoms in total. The van der Waals surface area contributed by atoms with Crippen LogP contribution in [0.15, 0.2) is 23.4 Å². The van der Waals surface area contributed by atoms with Crippen LogP contribution in [-0.4, -0.2) is 11.4 Å². The summed E-state index contributed by atoms with van der Waals surface area (Å²) in [6, 6.07) is 4.60. The van der Waals surface area contributed by atoms with E-state index >= 15 is 0 Å². The Morgan fingerprint density at radius 3 is 2.91 bits per heavy atom. The third kappa shape index (κ3) is 1.77. The van der Waals surface area contributed by atoms with Gasteiger partial charge in [-0.15, -0.1) is 0 Å². The van der Waals surface area contributed by atoms with Crippen LogP contribution >= 0.6 is 0 Å². The monoisotopic (exact) mass is 153 g/mol. The van der Waals surface area contributed by atoms with E-state index < -0.39 is 0 Å². The van der Waals surface area contributed by atoms with E-state index in [1.54, 1.807) is 12.1 Å². The van der Waals surface area contributed by atoms with Crippen molar-refractivity contribution in [3.63, 3.8) is 0 Å². The summed E-state index contributed by atoms with van der Waals surface area (Å²) < 4.78 is 12.8. The largest absolute Gasteiger partial charge is 0.411 e. The molecule has 0 unspecified atom stereocenters. The molecule has 11 heavy (non-hydrogen) atoms. The lowest BCUT2D eigenvalue weighted by atomic mass is 10.1. The number of hydrogen-bond donors (Lipinski definition) is 1. The molecule has 0 aliphatic heterocycles. The number of halogens is 1. The molecule has 0 aromatic heterocycles. The topological polar surface area (TPSA) is 32.6 Å². The van der Waals surface area contributed by atoms with Gasteiger partial charge in [-0.2, -0.15) is 0 Å². The summed E-state index contributed by atoms with van der Waals surface area (Å²) in [7, 11) is 0. The van der Waals surface area contributed by atoms with E-state index in [2.05, 4.69) is 5.16 Å². The first-order valence-electron chi connectivity index (χ1n) is 3.17. The first kappa shape index (κ1) is 7.72. The predicted molar refractivity (Wildman–Crippen MR) is 40.5 cm³/mol. The third-order valence-corrected chi connectivity index (χ3v) is 1.35. The Morgan fingerprint density at radius 1 is 1.55 bits per heavy atom. The summed E-state index contributed by atoms with van der Waals surface area (Å²) in [5, 5.41) is 10.9. The summed E-state index contributed by atoms with van der Waals surface area (Å²) in [6.07, 6.45) is 1.07. The van der Waals surface area contributed by atoms with Crippen LogP contribution in [0.2, 0.25) is 0 Å². The molecule has 0 bridgehead atoms. The molecular formula is C8H8FNO. The van der Waals surface area contributed by atoms with Gasteiger partial charge in [0.05, 0.1) is 6.21 Å². The van der Waals surface area contributed by atoms with Gasteiger partial charge in [0.1, 0.15) is 5.82 Å². The smallest absolute Gasteiger partial charge is 0.132 e. The van der Waals surface area contributed by atoms with Gasteiger partial charge in [-0.05, 0) is 19.1 Å². The van der Waals surface area contributed by atoms with Crippen LogP contribution in [0.3, 0.4) is 0 Å². The van der Waals surface area contributed by atoms with Crippen molar-refractivity contribution in [1.82, 2.24) is 0 Å². The second-order valence-corrected chi connectivity index (χ2v) is 2.27. The molecule has 0 saturated carbocycles. The zero-order chi connectivity index (χ0) is 8.27. The molecule has 0 spiro atoms. The van der Waals surface area contributed by atoms with Crippen LogP contribution < -0.4 is 0 Å². The molecular weight excluding hydrogens is 145 g/mol. The van der Waals surface area contributed by atoms with Gasteiger partial charge in [0.15, 0.2) is 0 Å². The average Bonchev–Trinajstić information content (AvgIpc) is 1.98. The van der Waals surface area contributed by atoms with Crippen molar-refractivity contribution < 1.29 is 9.60 Å². The van der Waals surface area contributed by atoms with Crippen LogP contribution in [0.25, 0.3) is 0 Å². The number of aryl methyl sites for hydroxylation is 1. The van der Waals surface area contributed by atoms with Crippen LogP contribution in [0, 0.1) is 12.7 Å². The normalized spacial score (nSPS) is 10.7. The zero-order valence-electron chi connectivity index (χ0n) is 6.08. The van der Waals surface area contributed by atoms with Gasteiger partial charge in [-0.1, -0.05) is 16.8 Å². The first-order chi connectivity index (χ1) is 5.24. The standard InChI is InChI=1S/C8H8FNO/c1-6-2-3-8(9)7(4-6)5-10-11/h2-5,11H,1H3/b10-5+. The van der Waals surface area contributed by atoms with E-state index in [4.69, 9.17) is 5.21 Å². The van der Waals surface area contributed by atoms with E-state index in [9.17, 15) is 4.39 Å². The molecule has 1 aromatic carbocycles. The fourth-order valence-electron chi connectivity index (χ4n) is 0.824. The average molecular weight is 153 g/mol. The molecule has 0 saturated heterocycles. The minimum Gasteiger partial charge on any atom is -0.411 e. The summed E-state index contributed by atoms with van der Waals surface area (Å²) in [5.74, 6) is -0.381. The van der Waals surface area contributed by atoms with Crippen molar-refractivity contribution in [3.8, 4) is 0 Å². The Hall–Kier alpha value is -1.38. The van der Waals surface area contributed by atoms with Gasteiger partial charge >= 0.3 is 0 Å². The van der Waals surface area contributed by atoms with Gasteiger partial charge in [0.25, 0.3) is 0 Å². The molecule has 58 valence electrons. The minimum absolute atomic E-state index is 0.299. The van der Waals surface area contributed by atoms with Crippen molar-refractivity contribution in [1.29, 1.82) is 0 Å². The van der Waals surface area contributed by atoms with Crippen molar-refractivity contribution >= 4 is 6.21 Å². The van der Waals surface area contributed by atoms with Gasteiger partial charge in [-0.3, -0.25) is 0 Å². The fourth-order valence-corrected chi connectivity index (χ4v) is 0.824. The lowest BCUT2D eigenvalue weighted by Gasteiger charge is -1.95. The lowest BCUT2D eigenvalue weighted by molar-refractivity contribution is 0.321.